The lowest BCUT2D eigenvalue weighted by atomic mass is 10.1. The van der Waals surface area contributed by atoms with Crippen molar-refractivity contribution in [3.05, 3.63) is 70.3 Å². The number of hydrogen-bond donors (Lipinski definition) is 0. The maximum absolute atomic E-state index is 13.7. The maximum Gasteiger partial charge on any atom is 0.129 e. The van der Waals surface area contributed by atoms with E-state index in [4.69, 9.17) is 0 Å². The van der Waals surface area contributed by atoms with Crippen LogP contribution in [-0.4, -0.2) is 12.4 Å². The summed E-state index contributed by atoms with van der Waals surface area (Å²) in [6.07, 6.45) is 8.06. The van der Waals surface area contributed by atoms with E-state index in [0.29, 0.717) is 12.0 Å². The fraction of sp³-hybridized carbons (Fsp3) is 0.333. The van der Waals surface area contributed by atoms with Crippen LogP contribution in [0.15, 0.2) is 46.6 Å². The van der Waals surface area contributed by atoms with Gasteiger partial charge in [0.2, 0.25) is 0 Å². The fourth-order valence-corrected chi connectivity index (χ4v) is 2.58. The molecule has 4 heteroatoms. The van der Waals surface area contributed by atoms with E-state index in [1.54, 1.807) is 13.1 Å². The molecule has 0 radical (unpaired) electrons. The summed E-state index contributed by atoms with van der Waals surface area (Å²) in [5.74, 6) is -1.10. The largest absolute Gasteiger partial charge is 0.207 e. The molecule has 132 valence electrons. The van der Waals surface area contributed by atoms with E-state index < -0.39 is 11.6 Å². The molecule has 2 aromatic carbocycles. The van der Waals surface area contributed by atoms with E-state index in [1.807, 2.05) is 12.1 Å². The third-order valence-corrected chi connectivity index (χ3v) is 4.05. The first-order valence-electron chi connectivity index (χ1n) is 8.77. The first kappa shape index (κ1) is 19.0. The van der Waals surface area contributed by atoms with E-state index in [9.17, 15) is 8.78 Å². The molecule has 0 saturated carbocycles. The molecule has 0 saturated heterocycles. The Bertz CT molecular complexity index is 711. The summed E-state index contributed by atoms with van der Waals surface area (Å²) in [4.78, 5) is 0. The Hall–Kier alpha value is -2.36. The Labute approximate surface area is 148 Å². The molecule has 0 aliphatic heterocycles. The van der Waals surface area contributed by atoms with Gasteiger partial charge in [0, 0.05) is 11.1 Å². The van der Waals surface area contributed by atoms with Crippen molar-refractivity contribution < 1.29 is 8.78 Å². The van der Waals surface area contributed by atoms with E-state index in [-0.39, 0.29) is 5.56 Å². The number of nitrogens with zero attached hydrogens (tertiary/aromatic N) is 2. The zero-order valence-corrected chi connectivity index (χ0v) is 14.8. The number of rotatable bonds is 8. The number of halogens is 2. The van der Waals surface area contributed by atoms with Crippen molar-refractivity contribution in [3.8, 4) is 0 Å². The number of aryl methyl sites for hydroxylation is 1. The molecule has 2 nitrogen and oxygen atoms in total. The monoisotopic (exact) mass is 342 g/mol. The Morgan fingerprint density at radius 3 is 2.00 bits per heavy atom. The Morgan fingerprint density at radius 2 is 1.44 bits per heavy atom. The second kappa shape index (κ2) is 9.82. The summed E-state index contributed by atoms with van der Waals surface area (Å²) in [5, 5.41) is 7.81. The Morgan fingerprint density at radius 1 is 0.840 bits per heavy atom. The van der Waals surface area contributed by atoms with Gasteiger partial charge in [0.1, 0.15) is 11.6 Å². The van der Waals surface area contributed by atoms with Crippen molar-refractivity contribution in [1.82, 2.24) is 0 Å². The highest BCUT2D eigenvalue weighted by atomic mass is 19.1. The van der Waals surface area contributed by atoms with Gasteiger partial charge in [-0.05, 0) is 42.5 Å². The molecule has 0 unspecified atom stereocenters. The van der Waals surface area contributed by atoms with Crippen LogP contribution in [0.2, 0.25) is 0 Å². The van der Waals surface area contributed by atoms with E-state index in [1.165, 1.54) is 43.2 Å². The van der Waals surface area contributed by atoms with Crippen molar-refractivity contribution in [2.45, 2.75) is 46.0 Å². The van der Waals surface area contributed by atoms with Crippen LogP contribution < -0.4 is 0 Å². The van der Waals surface area contributed by atoms with Gasteiger partial charge in [0.25, 0.3) is 0 Å². The Kier molecular flexibility index (Phi) is 7.45. The van der Waals surface area contributed by atoms with Gasteiger partial charge in [-0.15, -0.1) is 0 Å². The average Bonchev–Trinajstić information content (AvgIpc) is 2.60. The molecule has 0 aromatic heterocycles. The highest BCUT2D eigenvalue weighted by Gasteiger charge is 2.08. The van der Waals surface area contributed by atoms with E-state index in [2.05, 4.69) is 29.3 Å². The van der Waals surface area contributed by atoms with Gasteiger partial charge in [0.15, 0.2) is 0 Å². The maximum atomic E-state index is 13.7. The zero-order chi connectivity index (χ0) is 18.1. The summed E-state index contributed by atoms with van der Waals surface area (Å²) in [6.45, 7) is 3.91. The number of benzene rings is 2. The minimum atomic E-state index is -0.549. The van der Waals surface area contributed by atoms with Gasteiger partial charge in [-0.25, -0.2) is 8.78 Å². The van der Waals surface area contributed by atoms with Crippen molar-refractivity contribution in [1.29, 1.82) is 0 Å². The number of unbranched alkanes of at least 4 members (excludes halogenated alkanes) is 2. The molecule has 25 heavy (non-hydrogen) atoms. The minimum absolute atomic E-state index is 0.0969. The van der Waals surface area contributed by atoms with Crippen LogP contribution in [0.1, 0.15) is 55.4 Å². The van der Waals surface area contributed by atoms with Crippen LogP contribution in [0.5, 0.6) is 0 Å². The number of hydrogen-bond acceptors (Lipinski definition) is 2. The smallest absolute Gasteiger partial charge is 0.129 e. The molecule has 0 atom stereocenters. The lowest BCUT2D eigenvalue weighted by Crippen LogP contribution is -1.96. The molecule has 0 amide bonds. The lowest BCUT2D eigenvalue weighted by molar-refractivity contribution is 0.558. The summed E-state index contributed by atoms with van der Waals surface area (Å²) in [7, 11) is 0. The third kappa shape index (κ3) is 5.89. The second-order valence-electron chi connectivity index (χ2n) is 6.00. The van der Waals surface area contributed by atoms with Gasteiger partial charge in [-0.1, -0.05) is 51.0 Å². The van der Waals surface area contributed by atoms with Gasteiger partial charge in [-0.3, -0.25) is 0 Å². The predicted octanol–water partition coefficient (Wildman–Crippen LogP) is 5.71. The quantitative estimate of drug-likeness (QED) is 0.333. The highest BCUT2D eigenvalue weighted by Crippen LogP contribution is 2.15. The van der Waals surface area contributed by atoms with E-state index >= 15 is 0 Å². The van der Waals surface area contributed by atoms with E-state index in [0.717, 1.165) is 12.0 Å². The minimum Gasteiger partial charge on any atom is -0.207 e. The van der Waals surface area contributed by atoms with Crippen molar-refractivity contribution in [2.75, 3.05) is 0 Å². The van der Waals surface area contributed by atoms with Crippen LogP contribution in [0.25, 0.3) is 0 Å². The van der Waals surface area contributed by atoms with Crippen LogP contribution in [0.3, 0.4) is 0 Å². The molecule has 0 N–H and O–H groups in total. The zero-order valence-electron chi connectivity index (χ0n) is 14.8. The molecule has 0 spiro atoms. The normalized spacial score (nSPS) is 11.7. The first-order chi connectivity index (χ1) is 12.1. The Balaban J connectivity index is 1.95. The molecule has 0 bridgehead atoms. The molecular formula is C21H24F2N2. The molecule has 0 aliphatic rings. The first-order valence-corrected chi connectivity index (χ1v) is 8.77. The SMILES string of the molecule is CCCCCc1ccc(/C=N/N=C/c2cc(F)c(CC)c(F)c2)cc1. The molecule has 0 heterocycles. The fourth-order valence-electron chi connectivity index (χ4n) is 2.58. The van der Waals surface area contributed by atoms with Gasteiger partial charge in [-0.2, -0.15) is 10.2 Å². The predicted molar refractivity (Wildman–Crippen MR) is 101 cm³/mol. The standard InChI is InChI=1S/C21H24F2N2/c1-3-5-6-7-16-8-10-17(11-9-16)14-24-25-15-18-12-20(22)19(4-2)21(23)13-18/h8-15H,3-7H2,1-2H3/b24-14+,25-15+. The molecule has 0 fully saturated rings. The highest BCUT2D eigenvalue weighted by molar-refractivity contribution is 5.82. The van der Waals surface area contributed by atoms with Crippen LogP contribution >= 0.6 is 0 Å². The van der Waals surface area contributed by atoms with Crippen LogP contribution in [-0.2, 0) is 12.8 Å². The molecule has 0 aliphatic carbocycles. The molecular weight excluding hydrogens is 318 g/mol. The van der Waals surface area contributed by atoms with Gasteiger partial charge in [0.05, 0.1) is 12.4 Å². The second-order valence-corrected chi connectivity index (χ2v) is 6.00. The third-order valence-electron chi connectivity index (χ3n) is 4.05. The summed E-state index contributed by atoms with van der Waals surface area (Å²) in [6, 6.07) is 10.7. The summed E-state index contributed by atoms with van der Waals surface area (Å²) >= 11 is 0. The molecule has 2 rings (SSSR count). The van der Waals surface area contributed by atoms with Crippen molar-refractivity contribution in [2.24, 2.45) is 10.2 Å². The average molecular weight is 342 g/mol. The van der Waals surface area contributed by atoms with Gasteiger partial charge >= 0.3 is 0 Å². The van der Waals surface area contributed by atoms with Gasteiger partial charge < -0.3 is 0 Å². The van der Waals surface area contributed by atoms with Crippen LogP contribution in [0.4, 0.5) is 8.78 Å². The van der Waals surface area contributed by atoms with Crippen molar-refractivity contribution >= 4 is 12.4 Å². The summed E-state index contributed by atoms with van der Waals surface area (Å²) < 4.78 is 27.4. The van der Waals surface area contributed by atoms with Crippen LogP contribution in [0, 0.1) is 11.6 Å². The van der Waals surface area contributed by atoms with Crippen molar-refractivity contribution in [3.63, 3.8) is 0 Å². The summed E-state index contributed by atoms with van der Waals surface area (Å²) in [5.41, 5.74) is 2.71. The topological polar surface area (TPSA) is 24.7 Å². The molecule has 2 aromatic rings. The lowest BCUT2D eigenvalue weighted by Gasteiger charge is -2.02.